The van der Waals surface area contributed by atoms with Crippen LogP contribution < -0.4 is 0 Å². The van der Waals surface area contributed by atoms with E-state index < -0.39 is 10.1 Å². The van der Waals surface area contributed by atoms with Crippen LogP contribution in [0.1, 0.15) is 52.4 Å². The summed E-state index contributed by atoms with van der Waals surface area (Å²) >= 11 is 0. The van der Waals surface area contributed by atoms with E-state index in [0.717, 1.165) is 32.1 Å². The van der Waals surface area contributed by atoms with Gasteiger partial charge in [0.2, 0.25) is 0 Å². The lowest BCUT2D eigenvalue weighted by molar-refractivity contribution is 0.254. The first-order valence-electron chi connectivity index (χ1n) is 5.57. The molecule has 0 aromatic rings. The normalized spacial score (nSPS) is 16.3. The highest BCUT2D eigenvalue weighted by molar-refractivity contribution is 7.85. The van der Waals surface area contributed by atoms with Crippen molar-refractivity contribution in [2.75, 3.05) is 5.75 Å². The molecule has 0 saturated carbocycles. The molecule has 0 amide bonds. The standard InChI is InChI=1S/C11H23O3S/c1-4-6-8-11(3,7-5-2)9-10-15(12,13)14/h2,4-10H2,1,3H3,(H,12,13,14). The Labute approximate surface area is 94.0 Å². The van der Waals surface area contributed by atoms with Crippen LogP contribution in [0, 0.1) is 12.3 Å². The second-order valence-corrected chi connectivity index (χ2v) is 6.13. The number of unbranched alkanes of at least 4 members (excludes halogenated alkanes) is 1. The molecule has 1 unspecified atom stereocenters. The molecule has 0 aliphatic carbocycles. The molecular weight excluding hydrogens is 212 g/mol. The van der Waals surface area contributed by atoms with E-state index in [4.69, 9.17) is 4.55 Å². The Morgan fingerprint density at radius 3 is 2.27 bits per heavy atom. The maximum atomic E-state index is 10.7. The molecule has 3 nitrogen and oxygen atoms in total. The van der Waals surface area contributed by atoms with Crippen LogP contribution in [0.2, 0.25) is 0 Å². The molecule has 1 N–H and O–H groups in total. The average molecular weight is 235 g/mol. The van der Waals surface area contributed by atoms with Crippen LogP contribution >= 0.6 is 0 Å². The van der Waals surface area contributed by atoms with Gasteiger partial charge in [-0.15, -0.1) is 0 Å². The van der Waals surface area contributed by atoms with Crippen LogP contribution in [0.25, 0.3) is 0 Å². The van der Waals surface area contributed by atoms with E-state index in [-0.39, 0.29) is 11.2 Å². The van der Waals surface area contributed by atoms with Crippen LogP contribution in [0.15, 0.2) is 0 Å². The van der Waals surface area contributed by atoms with E-state index in [9.17, 15) is 8.42 Å². The minimum atomic E-state index is -3.82. The van der Waals surface area contributed by atoms with Gasteiger partial charge in [-0.25, -0.2) is 0 Å². The second kappa shape index (κ2) is 6.48. The van der Waals surface area contributed by atoms with Gasteiger partial charge >= 0.3 is 0 Å². The van der Waals surface area contributed by atoms with E-state index in [1.807, 2.05) is 0 Å². The van der Waals surface area contributed by atoms with Gasteiger partial charge in [0, 0.05) is 0 Å². The van der Waals surface area contributed by atoms with Crippen molar-refractivity contribution in [2.24, 2.45) is 5.41 Å². The average Bonchev–Trinajstić information content (AvgIpc) is 2.12. The highest BCUT2D eigenvalue weighted by Gasteiger charge is 2.24. The SMILES string of the molecule is [CH2]CCC(C)(CCCC)CCS(=O)(=O)O. The van der Waals surface area contributed by atoms with E-state index >= 15 is 0 Å². The van der Waals surface area contributed by atoms with Gasteiger partial charge in [-0.2, -0.15) is 8.42 Å². The maximum Gasteiger partial charge on any atom is 0.264 e. The molecule has 0 aliphatic heterocycles. The Morgan fingerprint density at radius 1 is 1.27 bits per heavy atom. The molecule has 0 bridgehead atoms. The summed E-state index contributed by atoms with van der Waals surface area (Å²) < 4.78 is 30.1. The van der Waals surface area contributed by atoms with E-state index in [1.54, 1.807) is 0 Å². The Morgan fingerprint density at radius 2 is 1.87 bits per heavy atom. The van der Waals surface area contributed by atoms with Crippen LogP contribution in [-0.2, 0) is 10.1 Å². The minimum absolute atomic E-state index is 0.00750. The van der Waals surface area contributed by atoms with Crippen molar-refractivity contribution < 1.29 is 13.0 Å². The minimum Gasteiger partial charge on any atom is -0.286 e. The van der Waals surface area contributed by atoms with Crippen molar-refractivity contribution in [3.8, 4) is 0 Å². The molecule has 0 aromatic heterocycles. The Hall–Kier alpha value is -0.0900. The molecule has 0 saturated heterocycles. The van der Waals surface area contributed by atoms with Crippen LogP contribution in [0.4, 0.5) is 0 Å². The highest BCUT2D eigenvalue weighted by atomic mass is 32.2. The summed E-state index contributed by atoms with van der Waals surface area (Å²) in [6, 6.07) is 0. The van der Waals surface area contributed by atoms with Gasteiger partial charge in [0.05, 0.1) is 5.75 Å². The number of hydrogen-bond acceptors (Lipinski definition) is 2. The summed E-state index contributed by atoms with van der Waals surface area (Å²) in [5, 5.41) is 0. The fourth-order valence-corrected chi connectivity index (χ4v) is 2.53. The Kier molecular flexibility index (Phi) is 6.44. The molecule has 0 rings (SSSR count). The summed E-state index contributed by atoms with van der Waals surface area (Å²) in [5.74, 6) is -0.132. The summed E-state index contributed by atoms with van der Waals surface area (Å²) in [5.41, 5.74) is 0.00750. The fourth-order valence-electron chi connectivity index (χ4n) is 1.78. The molecule has 15 heavy (non-hydrogen) atoms. The van der Waals surface area contributed by atoms with Gasteiger partial charge in [0.15, 0.2) is 0 Å². The predicted octanol–water partition coefficient (Wildman–Crippen LogP) is 3.08. The summed E-state index contributed by atoms with van der Waals surface area (Å²) in [4.78, 5) is 0. The number of hydrogen-bond donors (Lipinski definition) is 1. The third kappa shape index (κ3) is 7.79. The van der Waals surface area contributed by atoms with Crippen LogP contribution in [0.3, 0.4) is 0 Å². The van der Waals surface area contributed by atoms with E-state index in [0.29, 0.717) is 6.42 Å². The monoisotopic (exact) mass is 235 g/mol. The Balaban J connectivity index is 4.24. The third-order valence-electron chi connectivity index (χ3n) is 2.88. The number of rotatable bonds is 8. The van der Waals surface area contributed by atoms with E-state index in [2.05, 4.69) is 20.8 Å². The molecule has 0 aromatic carbocycles. The van der Waals surface area contributed by atoms with Crippen molar-refractivity contribution in [1.82, 2.24) is 0 Å². The van der Waals surface area contributed by atoms with Crippen molar-refractivity contribution in [3.05, 3.63) is 6.92 Å². The van der Waals surface area contributed by atoms with Gasteiger partial charge in [0.1, 0.15) is 0 Å². The van der Waals surface area contributed by atoms with Crippen molar-refractivity contribution in [3.63, 3.8) is 0 Å². The predicted molar refractivity (Wildman–Crippen MR) is 63.3 cm³/mol. The first-order chi connectivity index (χ1) is 6.83. The van der Waals surface area contributed by atoms with Crippen LogP contribution in [-0.4, -0.2) is 18.7 Å². The van der Waals surface area contributed by atoms with Gasteiger partial charge < -0.3 is 0 Å². The third-order valence-corrected chi connectivity index (χ3v) is 3.60. The van der Waals surface area contributed by atoms with Crippen LogP contribution in [0.5, 0.6) is 0 Å². The van der Waals surface area contributed by atoms with Gasteiger partial charge in [-0.05, 0) is 24.7 Å². The maximum absolute atomic E-state index is 10.7. The molecule has 91 valence electrons. The van der Waals surface area contributed by atoms with Gasteiger partial charge in [0.25, 0.3) is 10.1 Å². The van der Waals surface area contributed by atoms with Crippen molar-refractivity contribution in [2.45, 2.75) is 52.4 Å². The van der Waals surface area contributed by atoms with E-state index in [1.165, 1.54) is 0 Å². The topological polar surface area (TPSA) is 54.4 Å². The summed E-state index contributed by atoms with van der Waals surface area (Å²) in [6.45, 7) is 8.01. The molecular formula is C11H23O3S. The zero-order valence-electron chi connectivity index (χ0n) is 9.83. The lowest BCUT2D eigenvalue weighted by atomic mass is 9.78. The molecule has 0 spiro atoms. The highest BCUT2D eigenvalue weighted by Crippen LogP contribution is 2.33. The molecule has 0 aliphatic rings. The van der Waals surface area contributed by atoms with Gasteiger partial charge in [-0.1, -0.05) is 40.0 Å². The molecule has 1 radical (unpaired) electrons. The second-order valence-electron chi connectivity index (χ2n) is 4.55. The lowest BCUT2D eigenvalue weighted by Crippen LogP contribution is -2.21. The fraction of sp³-hybridized carbons (Fsp3) is 0.909. The summed E-state index contributed by atoms with van der Waals surface area (Å²) in [7, 11) is -3.82. The summed E-state index contributed by atoms with van der Waals surface area (Å²) in [6.07, 6.45) is 5.48. The molecule has 4 heteroatoms. The Bertz CT molecular complexity index is 259. The first-order valence-corrected chi connectivity index (χ1v) is 7.18. The first kappa shape index (κ1) is 14.9. The molecule has 0 heterocycles. The zero-order chi connectivity index (χ0) is 11.9. The molecule has 0 fully saturated rings. The van der Waals surface area contributed by atoms with Crippen molar-refractivity contribution >= 4 is 10.1 Å². The van der Waals surface area contributed by atoms with Crippen molar-refractivity contribution in [1.29, 1.82) is 0 Å². The van der Waals surface area contributed by atoms with Gasteiger partial charge in [-0.3, -0.25) is 4.55 Å². The largest absolute Gasteiger partial charge is 0.286 e. The zero-order valence-corrected chi connectivity index (χ0v) is 10.6. The lowest BCUT2D eigenvalue weighted by Gasteiger charge is -2.28. The molecule has 1 atom stereocenters. The quantitative estimate of drug-likeness (QED) is 0.658. The smallest absolute Gasteiger partial charge is 0.264 e.